The third kappa shape index (κ3) is 2.55. The first-order valence-corrected chi connectivity index (χ1v) is 6.01. The highest BCUT2D eigenvalue weighted by Gasteiger charge is 3.00. The summed E-state index contributed by atoms with van der Waals surface area (Å²) in [6.45, 7) is 0. The molecule has 0 atom stereocenters. The lowest BCUT2D eigenvalue weighted by Gasteiger charge is -2.54. The molecule has 29 heavy (non-hydrogen) atoms. The van der Waals surface area contributed by atoms with E-state index >= 15 is 0 Å². The Bertz CT molecular complexity index is 625. The number of rotatable bonds is 3. The molecule has 0 radical (unpaired) electrons. The monoisotopic (exact) mass is 483 g/mol. The molecule has 1 fully saturated rings. The first-order valence-electron chi connectivity index (χ1n) is 6.01. The lowest BCUT2D eigenvalue weighted by Crippen LogP contribution is -2.86. The van der Waals surface area contributed by atoms with Crippen LogP contribution in [0.4, 0.5) is 83.4 Å². The van der Waals surface area contributed by atoms with Crippen LogP contribution in [0, 0.1) is 0 Å². The molecule has 1 aliphatic rings. The van der Waals surface area contributed by atoms with Crippen LogP contribution in [0.5, 0.6) is 0 Å². The van der Waals surface area contributed by atoms with Crippen molar-refractivity contribution in [2.75, 3.05) is 0 Å². The van der Waals surface area contributed by atoms with Gasteiger partial charge in [0.25, 0.3) is 0 Å². The van der Waals surface area contributed by atoms with Crippen molar-refractivity contribution in [3.05, 3.63) is 0 Å². The van der Waals surface area contributed by atoms with Crippen LogP contribution >= 0.6 is 0 Å². The van der Waals surface area contributed by atoms with E-state index < -0.39 is 58.8 Å². The Morgan fingerprint density at radius 1 is 0.414 bits per heavy atom. The van der Waals surface area contributed by atoms with Crippen LogP contribution in [-0.4, -0.2) is 58.8 Å². The molecule has 0 amide bonds. The zero-order valence-corrected chi connectivity index (χ0v) is 12.1. The summed E-state index contributed by atoms with van der Waals surface area (Å²) >= 11 is 0. The largest absolute Gasteiger partial charge is 0.460 e. The van der Waals surface area contributed by atoms with E-state index in [1.54, 1.807) is 0 Å². The van der Waals surface area contributed by atoms with Crippen molar-refractivity contribution in [2.24, 2.45) is 0 Å². The summed E-state index contributed by atoms with van der Waals surface area (Å²) in [4.78, 5) is -4.77. The van der Waals surface area contributed by atoms with E-state index in [0.717, 1.165) is 0 Å². The molecule has 0 aromatic heterocycles. The highest BCUT2D eigenvalue weighted by molar-refractivity contribution is 5.17. The highest BCUT2D eigenvalue weighted by Crippen LogP contribution is 2.68. The Morgan fingerprint density at radius 3 is 0.931 bits per heavy atom. The molecule has 174 valence electrons. The van der Waals surface area contributed by atoms with Crippen LogP contribution in [0.1, 0.15) is 0 Å². The SMILES string of the molecule is FC(F)(F)C(F)(F)C(F)(F)C(F)(F)N1C(F)(F)C(F)(F)C(F)(F)C(F)(F)C1(F)F. The Morgan fingerprint density at radius 2 is 0.690 bits per heavy atom. The van der Waals surface area contributed by atoms with Crippen molar-refractivity contribution < 1.29 is 83.4 Å². The normalized spacial score (nSPS) is 27.0. The maximum Gasteiger partial charge on any atom is 0.460 e. The van der Waals surface area contributed by atoms with Gasteiger partial charge < -0.3 is 0 Å². The lowest BCUT2D eigenvalue weighted by molar-refractivity contribution is -0.556. The summed E-state index contributed by atoms with van der Waals surface area (Å²) in [5, 5.41) is 0. The predicted octanol–water partition coefficient (Wildman–Crippen LogP) is 5.82. The maximum atomic E-state index is 13.4. The fourth-order valence-corrected chi connectivity index (χ4v) is 1.89. The van der Waals surface area contributed by atoms with Crippen molar-refractivity contribution in [1.82, 2.24) is 4.90 Å². The average molecular weight is 483 g/mol. The van der Waals surface area contributed by atoms with Crippen molar-refractivity contribution >= 4 is 0 Å². The minimum absolute atomic E-state index is 4.77. The van der Waals surface area contributed by atoms with Gasteiger partial charge in [0.2, 0.25) is 0 Å². The fraction of sp³-hybridized carbons (Fsp3) is 1.00. The van der Waals surface area contributed by atoms with Gasteiger partial charge in [-0.3, -0.25) is 0 Å². The van der Waals surface area contributed by atoms with E-state index in [0.29, 0.717) is 0 Å². The maximum absolute atomic E-state index is 13.4. The molecule has 1 aliphatic heterocycles. The second-order valence-electron chi connectivity index (χ2n) is 5.33. The van der Waals surface area contributed by atoms with Gasteiger partial charge in [-0.1, -0.05) is 0 Å². The van der Waals surface area contributed by atoms with Crippen LogP contribution < -0.4 is 0 Å². The van der Waals surface area contributed by atoms with Gasteiger partial charge in [0.05, 0.1) is 0 Å². The molecule has 0 aliphatic carbocycles. The van der Waals surface area contributed by atoms with Gasteiger partial charge in [-0.25, -0.2) is 0 Å². The van der Waals surface area contributed by atoms with E-state index in [2.05, 4.69) is 0 Å². The Hall–Kier alpha value is -1.37. The molecule has 0 saturated carbocycles. The summed E-state index contributed by atoms with van der Waals surface area (Å²) in [6, 6.07) is -25.0. The summed E-state index contributed by atoms with van der Waals surface area (Å²) in [7, 11) is 0. The standard InChI is InChI=1S/C9F19N/c10-1(11)3(14,15)7(23,24)29(8(25,26)4(1,16)17)9(27,28)5(18,19)2(12,13)6(20,21)22. The molecule has 0 aromatic rings. The number of nitrogens with zero attached hydrogens (tertiary/aromatic N) is 1. The molecule has 1 heterocycles. The Labute approximate surface area is 144 Å². The first kappa shape index (κ1) is 25.7. The molecular formula is C9F19N. The third-order valence-electron chi connectivity index (χ3n) is 3.51. The molecule has 20 heteroatoms. The molecule has 0 bridgehead atoms. The number of likely N-dealkylation sites (tertiary alicyclic amines) is 1. The smallest absolute Gasteiger partial charge is 0.192 e. The van der Waals surface area contributed by atoms with Crippen LogP contribution in [0.2, 0.25) is 0 Å². The van der Waals surface area contributed by atoms with E-state index in [4.69, 9.17) is 0 Å². The van der Waals surface area contributed by atoms with Crippen LogP contribution in [0.3, 0.4) is 0 Å². The summed E-state index contributed by atoms with van der Waals surface area (Å²) < 4.78 is 244. The molecule has 1 nitrogen and oxygen atoms in total. The van der Waals surface area contributed by atoms with Crippen molar-refractivity contribution in [1.29, 1.82) is 0 Å². The molecule has 0 unspecified atom stereocenters. The average Bonchev–Trinajstić information content (AvgIpc) is 2.42. The number of hydrogen-bond donors (Lipinski definition) is 0. The van der Waals surface area contributed by atoms with Crippen LogP contribution in [-0.2, 0) is 0 Å². The van der Waals surface area contributed by atoms with Gasteiger partial charge in [-0.2, -0.15) is 83.4 Å². The topological polar surface area (TPSA) is 3.24 Å². The summed E-state index contributed by atoms with van der Waals surface area (Å²) in [5.41, 5.74) is 0. The van der Waals surface area contributed by atoms with Gasteiger partial charge in [0, 0.05) is 0 Å². The number of hydrogen-bond acceptors (Lipinski definition) is 1. The molecule has 0 aromatic carbocycles. The zero-order valence-electron chi connectivity index (χ0n) is 12.1. The van der Waals surface area contributed by atoms with Crippen molar-refractivity contribution in [3.63, 3.8) is 0 Å². The Kier molecular flexibility index (Phi) is 5.00. The first-order chi connectivity index (χ1) is 12.1. The highest BCUT2D eigenvalue weighted by atomic mass is 19.4. The van der Waals surface area contributed by atoms with Crippen LogP contribution in [0.15, 0.2) is 0 Å². The quantitative estimate of drug-likeness (QED) is 0.362. The zero-order chi connectivity index (χ0) is 24.1. The van der Waals surface area contributed by atoms with Gasteiger partial charge in [0.1, 0.15) is 0 Å². The lowest BCUT2D eigenvalue weighted by atomic mass is 9.91. The van der Waals surface area contributed by atoms with Gasteiger partial charge in [0.15, 0.2) is 0 Å². The van der Waals surface area contributed by atoms with E-state index in [9.17, 15) is 83.4 Å². The van der Waals surface area contributed by atoms with Gasteiger partial charge in [-0.05, 0) is 0 Å². The second-order valence-corrected chi connectivity index (χ2v) is 5.33. The second kappa shape index (κ2) is 5.65. The van der Waals surface area contributed by atoms with Crippen LogP contribution in [0.25, 0.3) is 0 Å². The predicted molar refractivity (Wildman–Crippen MR) is 47.5 cm³/mol. The van der Waals surface area contributed by atoms with E-state index in [1.165, 1.54) is 0 Å². The number of alkyl halides is 19. The number of piperidine rings is 1. The van der Waals surface area contributed by atoms with Crippen molar-refractivity contribution in [3.8, 4) is 0 Å². The minimum Gasteiger partial charge on any atom is -0.192 e. The minimum atomic E-state index is -8.61. The molecule has 0 spiro atoms. The summed E-state index contributed by atoms with van der Waals surface area (Å²) in [6.07, 6.45) is -7.87. The van der Waals surface area contributed by atoms with E-state index in [1.807, 2.05) is 0 Å². The fourth-order valence-electron chi connectivity index (χ4n) is 1.89. The summed E-state index contributed by atoms with van der Waals surface area (Å²) in [5.74, 6) is -41.0. The van der Waals surface area contributed by atoms with Gasteiger partial charge in [-0.15, -0.1) is 4.90 Å². The molecule has 0 N–H and O–H groups in total. The molecular weight excluding hydrogens is 483 g/mol. The molecule has 1 saturated heterocycles. The third-order valence-corrected chi connectivity index (χ3v) is 3.51. The number of halogens is 19. The van der Waals surface area contributed by atoms with Crippen molar-refractivity contribution in [2.45, 2.75) is 53.9 Å². The van der Waals surface area contributed by atoms with Gasteiger partial charge >= 0.3 is 53.9 Å². The van der Waals surface area contributed by atoms with E-state index in [-0.39, 0.29) is 0 Å². The Balaban J connectivity index is 3.95. The molecule has 1 rings (SSSR count).